The maximum Gasteiger partial charge on any atom is 0.125 e. The fraction of sp³-hybridized carbons (Fsp3) is 0.200. The van der Waals surface area contributed by atoms with Gasteiger partial charge in [-0.05, 0) is 24.3 Å². The van der Waals surface area contributed by atoms with E-state index in [9.17, 15) is 4.39 Å². The zero-order valence-corrected chi connectivity index (χ0v) is 11.5. The van der Waals surface area contributed by atoms with Gasteiger partial charge in [0.15, 0.2) is 0 Å². The molecule has 0 saturated heterocycles. The first-order valence-corrected chi connectivity index (χ1v) is 6.80. The number of hydrogen-bond donors (Lipinski definition) is 1. The minimum atomic E-state index is -0.218. The largest absolute Gasteiger partial charge is 0.369 e. The molecule has 2 nitrogen and oxygen atoms in total. The third-order valence-corrected chi connectivity index (χ3v) is 3.55. The van der Waals surface area contributed by atoms with Crippen LogP contribution in [-0.4, -0.2) is 13.6 Å². The quantitative estimate of drug-likeness (QED) is 0.872. The van der Waals surface area contributed by atoms with Crippen LogP contribution in [0, 0.1) is 17.7 Å². The Labute approximate surface area is 116 Å². The fourth-order valence-corrected chi connectivity index (χ4v) is 2.59. The molecule has 4 heteroatoms. The lowest BCUT2D eigenvalue weighted by Gasteiger charge is -2.18. The molecule has 1 aromatic carbocycles. The summed E-state index contributed by atoms with van der Waals surface area (Å²) < 4.78 is 13.2. The van der Waals surface area contributed by atoms with Crippen molar-refractivity contribution in [2.75, 3.05) is 18.5 Å². The Kier molecular flexibility index (Phi) is 4.56. The average molecular weight is 274 g/mol. The molecular formula is C15H15FN2S. The molecule has 0 radical (unpaired) electrons. The van der Waals surface area contributed by atoms with Crippen LogP contribution in [0.4, 0.5) is 10.1 Å². The molecule has 98 valence electrons. The Hall–Kier alpha value is -1.83. The maximum atomic E-state index is 13.2. The molecule has 0 aliphatic heterocycles. The highest BCUT2D eigenvalue weighted by molar-refractivity contribution is 7.10. The molecule has 0 unspecified atom stereocenters. The Morgan fingerprint density at radius 3 is 2.95 bits per heavy atom. The van der Waals surface area contributed by atoms with Crippen molar-refractivity contribution in [3.8, 4) is 11.8 Å². The highest BCUT2D eigenvalue weighted by Crippen LogP contribution is 2.20. The first-order chi connectivity index (χ1) is 9.19. The SMILES string of the molecule is CN(Cc1cc(C#CCN)cs1)c1cccc(F)c1. The van der Waals surface area contributed by atoms with Crippen LogP contribution >= 0.6 is 11.3 Å². The molecule has 0 amide bonds. The Morgan fingerprint density at radius 2 is 2.21 bits per heavy atom. The molecule has 0 bridgehead atoms. The van der Waals surface area contributed by atoms with E-state index in [2.05, 4.69) is 11.8 Å². The molecule has 0 spiro atoms. The van der Waals surface area contributed by atoms with E-state index in [1.807, 2.05) is 29.5 Å². The number of thiophene rings is 1. The third-order valence-electron chi connectivity index (χ3n) is 2.63. The lowest BCUT2D eigenvalue weighted by Crippen LogP contribution is -2.15. The smallest absolute Gasteiger partial charge is 0.125 e. The molecule has 0 saturated carbocycles. The summed E-state index contributed by atoms with van der Waals surface area (Å²) in [5.74, 6) is 5.62. The number of nitrogens with two attached hydrogens (primary N) is 1. The maximum absolute atomic E-state index is 13.2. The number of nitrogens with zero attached hydrogens (tertiary/aromatic N) is 1. The van der Waals surface area contributed by atoms with E-state index in [1.54, 1.807) is 17.4 Å². The second kappa shape index (κ2) is 6.37. The summed E-state index contributed by atoms with van der Waals surface area (Å²) in [5.41, 5.74) is 7.19. The van der Waals surface area contributed by atoms with Gasteiger partial charge >= 0.3 is 0 Å². The predicted molar refractivity (Wildman–Crippen MR) is 78.8 cm³/mol. The second-order valence-corrected chi connectivity index (χ2v) is 5.14. The lowest BCUT2D eigenvalue weighted by molar-refractivity contribution is 0.627. The van der Waals surface area contributed by atoms with Crippen LogP contribution in [0.3, 0.4) is 0 Å². The van der Waals surface area contributed by atoms with Crippen LogP contribution in [0.25, 0.3) is 0 Å². The summed E-state index contributed by atoms with van der Waals surface area (Å²) >= 11 is 1.65. The fourth-order valence-electron chi connectivity index (χ4n) is 1.72. The van der Waals surface area contributed by atoms with Crippen LogP contribution < -0.4 is 10.6 Å². The topological polar surface area (TPSA) is 29.3 Å². The zero-order valence-electron chi connectivity index (χ0n) is 10.7. The van der Waals surface area contributed by atoms with Crippen molar-refractivity contribution < 1.29 is 4.39 Å². The van der Waals surface area contributed by atoms with Crippen molar-refractivity contribution in [1.29, 1.82) is 0 Å². The summed E-state index contributed by atoms with van der Waals surface area (Å²) in [6.07, 6.45) is 0. The minimum Gasteiger partial charge on any atom is -0.369 e. The molecule has 1 heterocycles. The molecule has 2 rings (SSSR count). The molecule has 0 fully saturated rings. The van der Waals surface area contributed by atoms with Crippen molar-refractivity contribution >= 4 is 17.0 Å². The molecule has 0 aliphatic carbocycles. The Balaban J connectivity index is 2.06. The normalized spacial score (nSPS) is 9.84. The van der Waals surface area contributed by atoms with Gasteiger partial charge in [-0.1, -0.05) is 17.9 Å². The number of rotatable bonds is 3. The lowest BCUT2D eigenvalue weighted by atomic mass is 10.2. The third kappa shape index (κ3) is 3.82. The summed E-state index contributed by atoms with van der Waals surface area (Å²) in [6.45, 7) is 1.10. The van der Waals surface area contributed by atoms with Gasteiger partial charge in [-0.15, -0.1) is 11.3 Å². The van der Waals surface area contributed by atoms with E-state index < -0.39 is 0 Å². The van der Waals surface area contributed by atoms with Crippen LogP contribution in [-0.2, 0) is 6.54 Å². The zero-order chi connectivity index (χ0) is 13.7. The number of benzene rings is 1. The number of anilines is 1. The van der Waals surface area contributed by atoms with Gasteiger partial charge in [0.25, 0.3) is 0 Å². The molecule has 2 N–H and O–H groups in total. The summed E-state index contributed by atoms with van der Waals surface area (Å²) in [7, 11) is 1.94. The monoisotopic (exact) mass is 274 g/mol. The van der Waals surface area contributed by atoms with Crippen LogP contribution in [0.5, 0.6) is 0 Å². The van der Waals surface area contributed by atoms with Gasteiger partial charge in [-0.2, -0.15) is 0 Å². The van der Waals surface area contributed by atoms with Gasteiger partial charge in [0.05, 0.1) is 13.1 Å². The minimum absolute atomic E-state index is 0.218. The van der Waals surface area contributed by atoms with E-state index in [-0.39, 0.29) is 5.82 Å². The van der Waals surface area contributed by atoms with Gasteiger partial charge in [-0.25, -0.2) is 4.39 Å². The molecule has 19 heavy (non-hydrogen) atoms. The summed E-state index contributed by atoms with van der Waals surface area (Å²) in [5, 5.41) is 2.01. The van der Waals surface area contributed by atoms with Gasteiger partial charge in [0.1, 0.15) is 5.82 Å². The predicted octanol–water partition coefficient (Wildman–Crippen LogP) is 2.83. The molecular weight excluding hydrogens is 259 g/mol. The molecule has 2 aromatic rings. The van der Waals surface area contributed by atoms with Crippen molar-refractivity contribution in [1.82, 2.24) is 0 Å². The van der Waals surface area contributed by atoms with Crippen LogP contribution in [0.1, 0.15) is 10.4 Å². The van der Waals surface area contributed by atoms with E-state index >= 15 is 0 Å². The Bertz CT molecular complexity index is 610. The Morgan fingerprint density at radius 1 is 1.37 bits per heavy atom. The summed E-state index contributed by atoms with van der Waals surface area (Å²) in [4.78, 5) is 3.20. The molecule has 0 aliphatic rings. The standard InChI is InChI=1S/C15H15FN2S/c1-18(14-6-2-5-13(16)9-14)10-15-8-12(11-19-15)4-3-7-17/h2,5-6,8-9,11H,7,10,17H2,1H3. The van der Waals surface area contributed by atoms with Gasteiger partial charge in [0, 0.05) is 28.6 Å². The van der Waals surface area contributed by atoms with Gasteiger partial charge in [-0.3, -0.25) is 0 Å². The highest BCUT2D eigenvalue weighted by Gasteiger charge is 2.05. The van der Waals surface area contributed by atoms with Crippen molar-refractivity contribution in [2.24, 2.45) is 5.73 Å². The van der Waals surface area contributed by atoms with E-state index in [0.717, 1.165) is 17.8 Å². The number of hydrogen-bond acceptors (Lipinski definition) is 3. The molecule has 1 aromatic heterocycles. The van der Waals surface area contributed by atoms with Gasteiger partial charge in [0.2, 0.25) is 0 Å². The van der Waals surface area contributed by atoms with Crippen LogP contribution in [0.2, 0.25) is 0 Å². The second-order valence-electron chi connectivity index (χ2n) is 4.14. The van der Waals surface area contributed by atoms with Crippen molar-refractivity contribution in [3.63, 3.8) is 0 Å². The van der Waals surface area contributed by atoms with Gasteiger partial charge < -0.3 is 10.6 Å². The van der Waals surface area contributed by atoms with Crippen LogP contribution in [0.15, 0.2) is 35.7 Å². The average Bonchev–Trinajstić information content (AvgIpc) is 2.84. The van der Waals surface area contributed by atoms with Crippen molar-refractivity contribution in [3.05, 3.63) is 52.0 Å². The van der Waals surface area contributed by atoms with E-state index in [4.69, 9.17) is 5.73 Å². The summed E-state index contributed by atoms with van der Waals surface area (Å²) in [6, 6.07) is 8.63. The van der Waals surface area contributed by atoms with E-state index in [0.29, 0.717) is 6.54 Å². The first-order valence-electron chi connectivity index (χ1n) is 5.92. The highest BCUT2D eigenvalue weighted by atomic mass is 32.1. The number of halogens is 1. The van der Waals surface area contributed by atoms with E-state index in [1.165, 1.54) is 17.0 Å². The first kappa shape index (κ1) is 13.6. The van der Waals surface area contributed by atoms with Crippen molar-refractivity contribution in [2.45, 2.75) is 6.54 Å². The molecule has 0 atom stereocenters.